The number of ether oxygens (including phenoxy) is 1. The van der Waals surface area contributed by atoms with Crippen molar-refractivity contribution in [1.29, 1.82) is 0 Å². The molecule has 1 amide bonds. The third-order valence-corrected chi connectivity index (χ3v) is 2.05. The van der Waals surface area contributed by atoms with Crippen LogP contribution in [-0.4, -0.2) is 30.8 Å². The normalized spacial score (nSPS) is 12.5. The van der Waals surface area contributed by atoms with Crippen LogP contribution in [0, 0.1) is 6.92 Å². The first kappa shape index (κ1) is 11.7. The van der Waals surface area contributed by atoms with Crippen LogP contribution in [0.3, 0.4) is 0 Å². The first-order valence-corrected chi connectivity index (χ1v) is 4.90. The van der Waals surface area contributed by atoms with Gasteiger partial charge in [0.05, 0.1) is 18.3 Å². The van der Waals surface area contributed by atoms with Gasteiger partial charge in [-0.2, -0.15) is 0 Å². The van der Waals surface area contributed by atoms with Gasteiger partial charge in [-0.3, -0.25) is 4.79 Å². The van der Waals surface area contributed by atoms with Crippen molar-refractivity contribution in [2.75, 3.05) is 13.7 Å². The number of methoxy groups -OCH3 is 1. The van der Waals surface area contributed by atoms with E-state index < -0.39 is 0 Å². The number of nitrogens with zero attached hydrogens (tertiary/aromatic N) is 1. The average Bonchev–Trinajstić information content (AvgIpc) is 2.64. The molecule has 0 bridgehead atoms. The van der Waals surface area contributed by atoms with Crippen molar-refractivity contribution in [2.45, 2.75) is 26.3 Å². The fraction of sp³-hybridized carbons (Fsp3) is 0.600. The standard InChI is InChI=1S/C10H16N2O3/c1-4-8(6-14-3)11-10(13)9-5-7(2)12-15-9/h5,8H,4,6H2,1-3H3,(H,11,13). The molecule has 15 heavy (non-hydrogen) atoms. The SMILES string of the molecule is CCC(COC)NC(=O)c1cc(C)no1. The monoisotopic (exact) mass is 212 g/mol. The zero-order chi connectivity index (χ0) is 11.3. The summed E-state index contributed by atoms with van der Waals surface area (Å²) in [4.78, 5) is 11.6. The van der Waals surface area contributed by atoms with Crippen LogP contribution in [0.15, 0.2) is 10.6 Å². The van der Waals surface area contributed by atoms with Crippen LogP contribution in [0.1, 0.15) is 29.6 Å². The number of nitrogens with one attached hydrogen (secondary N) is 1. The minimum absolute atomic E-state index is 0.00732. The summed E-state index contributed by atoms with van der Waals surface area (Å²) in [6.45, 7) is 4.25. The molecule has 1 heterocycles. The maximum Gasteiger partial charge on any atom is 0.290 e. The van der Waals surface area contributed by atoms with Gasteiger partial charge in [0.15, 0.2) is 0 Å². The van der Waals surface area contributed by atoms with Gasteiger partial charge < -0.3 is 14.6 Å². The van der Waals surface area contributed by atoms with Crippen LogP contribution in [0.5, 0.6) is 0 Å². The average molecular weight is 212 g/mol. The number of hydrogen-bond donors (Lipinski definition) is 1. The molecule has 0 fully saturated rings. The lowest BCUT2D eigenvalue weighted by molar-refractivity contribution is 0.0858. The van der Waals surface area contributed by atoms with Crippen LogP contribution in [0.4, 0.5) is 0 Å². The highest BCUT2D eigenvalue weighted by Gasteiger charge is 2.15. The Hall–Kier alpha value is -1.36. The molecule has 1 atom stereocenters. The molecule has 0 aromatic carbocycles. The van der Waals surface area contributed by atoms with Gasteiger partial charge in [0.25, 0.3) is 5.91 Å². The maximum atomic E-state index is 11.6. The summed E-state index contributed by atoms with van der Waals surface area (Å²) in [5, 5.41) is 6.45. The van der Waals surface area contributed by atoms with Gasteiger partial charge in [-0.25, -0.2) is 0 Å². The van der Waals surface area contributed by atoms with Gasteiger partial charge in [0, 0.05) is 13.2 Å². The van der Waals surface area contributed by atoms with Crippen LogP contribution in [0.25, 0.3) is 0 Å². The smallest absolute Gasteiger partial charge is 0.290 e. The highest BCUT2D eigenvalue weighted by molar-refractivity contribution is 5.91. The number of amides is 1. The zero-order valence-corrected chi connectivity index (χ0v) is 9.24. The highest BCUT2D eigenvalue weighted by atomic mass is 16.5. The number of aryl methyl sites for hydroxylation is 1. The topological polar surface area (TPSA) is 64.4 Å². The fourth-order valence-corrected chi connectivity index (χ4v) is 1.19. The van der Waals surface area contributed by atoms with E-state index in [9.17, 15) is 4.79 Å². The van der Waals surface area contributed by atoms with E-state index >= 15 is 0 Å². The Morgan fingerprint density at radius 3 is 2.93 bits per heavy atom. The summed E-state index contributed by atoms with van der Waals surface area (Å²) in [5.74, 6) is -0.0125. The summed E-state index contributed by atoms with van der Waals surface area (Å²) < 4.78 is 9.82. The summed E-state index contributed by atoms with van der Waals surface area (Å²) in [5.41, 5.74) is 0.694. The Morgan fingerprint density at radius 2 is 2.47 bits per heavy atom. The fourth-order valence-electron chi connectivity index (χ4n) is 1.19. The molecular weight excluding hydrogens is 196 g/mol. The van der Waals surface area contributed by atoms with E-state index in [0.29, 0.717) is 12.3 Å². The van der Waals surface area contributed by atoms with Crippen LogP contribution >= 0.6 is 0 Å². The number of aromatic nitrogens is 1. The van der Waals surface area contributed by atoms with Gasteiger partial charge in [-0.05, 0) is 13.3 Å². The third-order valence-electron chi connectivity index (χ3n) is 2.05. The molecule has 0 radical (unpaired) electrons. The van der Waals surface area contributed by atoms with Crippen molar-refractivity contribution in [3.8, 4) is 0 Å². The molecule has 5 heteroatoms. The van der Waals surface area contributed by atoms with Crippen LogP contribution in [-0.2, 0) is 4.74 Å². The zero-order valence-electron chi connectivity index (χ0n) is 9.24. The van der Waals surface area contributed by atoms with Crippen molar-refractivity contribution < 1.29 is 14.1 Å². The van der Waals surface area contributed by atoms with E-state index in [4.69, 9.17) is 9.26 Å². The summed E-state index contributed by atoms with van der Waals surface area (Å²) >= 11 is 0. The summed E-state index contributed by atoms with van der Waals surface area (Å²) in [7, 11) is 1.60. The Bertz CT molecular complexity index is 322. The lowest BCUT2D eigenvalue weighted by atomic mass is 10.2. The first-order chi connectivity index (χ1) is 7.17. The van der Waals surface area contributed by atoms with E-state index in [1.807, 2.05) is 6.92 Å². The van der Waals surface area contributed by atoms with Gasteiger partial charge >= 0.3 is 0 Å². The molecule has 0 saturated carbocycles. The predicted octanol–water partition coefficient (Wildman–Crippen LogP) is 1.14. The minimum atomic E-state index is -0.250. The molecule has 0 saturated heterocycles. The molecule has 1 rings (SSSR count). The number of carbonyl (C=O) groups is 1. The van der Waals surface area contributed by atoms with Gasteiger partial charge in [-0.15, -0.1) is 0 Å². The van der Waals surface area contributed by atoms with Crippen molar-refractivity contribution in [1.82, 2.24) is 10.5 Å². The molecule has 1 N–H and O–H groups in total. The van der Waals surface area contributed by atoms with Crippen LogP contribution < -0.4 is 5.32 Å². The Balaban J connectivity index is 2.54. The summed E-state index contributed by atoms with van der Waals surface area (Å²) in [6, 6.07) is 1.61. The van der Waals surface area contributed by atoms with E-state index in [2.05, 4.69) is 10.5 Å². The Kier molecular flexibility index (Phi) is 4.30. The highest BCUT2D eigenvalue weighted by Crippen LogP contribution is 2.03. The quantitative estimate of drug-likeness (QED) is 0.794. The second-order valence-corrected chi connectivity index (χ2v) is 3.37. The Morgan fingerprint density at radius 1 is 1.73 bits per heavy atom. The molecule has 5 nitrogen and oxygen atoms in total. The predicted molar refractivity (Wildman–Crippen MR) is 54.7 cm³/mol. The third kappa shape index (κ3) is 3.36. The van der Waals surface area contributed by atoms with Crippen LogP contribution in [0.2, 0.25) is 0 Å². The molecule has 0 aliphatic carbocycles. The maximum absolute atomic E-state index is 11.6. The minimum Gasteiger partial charge on any atom is -0.383 e. The van der Waals surface area contributed by atoms with Crippen molar-refractivity contribution in [2.24, 2.45) is 0 Å². The number of rotatable bonds is 5. The second kappa shape index (κ2) is 5.50. The van der Waals surface area contributed by atoms with Crippen molar-refractivity contribution in [3.63, 3.8) is 0 Å². The Labute approximate surface area is 88.8 Å². The van der Waals surface area contributed by atoms with E-state index in [-0.39, 0.29) is 17.7 Å². The largest absolute Gasteiger partial charge is 0.383 e. The van der Waals surface area contributed by atoms with Crippen molar-refractivity contribution in [3.05, 3.63) is 17.5 Å². The van der Waals surface area contributed by atoms with Gasteiger partial charge in [-0.1, -0.05) is 12.1 Å². The molecule has 0 aliphatic rings. The molecule has 1 aromatic heterocycles. The summed E-state index contributed by atoms with van der Waals surface area (Å²) in [6.07, 6.45) is 0.812. The first-order valence-electron chi connectivity index (χ1n) is 4.90. The molecule has 1 aromatic rings. The molecular formula is C10H16N2O3. The second-order valence-electron chi connectivity index (χ2n) is 3.37. The van der Waals surface area contributed by atoms with E-state index in [1.54, 1.807) is 20.1 Å². The molecule has 1 unspecified atom stereocenters. The molecule has 84 valence electrons. The number of hydrogen-bond acceptors (Lipinski definition) is 4. The molecule has 0 spiro atoms. The lowest BCUT2D eigenvalue weighted by Gasteiger charge is -2.14. The van der Waals surface area contributed by atoms with E-state index in [0.717, 1.165) is 6.42 Å². The van der Waals surface area contributed by atoms with Gasteiger partial charge in [0.2, 0.25) is 5.76 Å². The molecule has 0 aliphatic heterocycles. The van der Waals surface area contributed by atoms with Crippen molar-refractivity contribution >= 4 is 5.91 Å². The van der Waals surface area contributed by atoms with Gasteiger partial charge in [0.1, 0.15) is 0 Å². The lowest BCUT2D eigenvalue weighted by Crippen LogP contribution is -2.37. The van der Waals surface area contributed by atoms with E-state index in [1.165, 1.54) is 0 Å². The number of carbonyl (C=O) groups excluding carboxylic acids is 1.